The van der Waals surface area contributed by atoms with Crippen LogP contribution in [0.25, 0.3) is 10.9 Å². The molecule has 1 heterocycles. The number of carbonyl (C=O) groups excluding carboxylic acids is 1. The van der Waals surface area contributed by atoms with Gasteiger partial charge in [-0.05, 0) is 29.7 Å². The van der Waals surface area contributed by atoms with E-state index in [1.54, 1.807) is 22.8 Å². The molecule has 5 nitrogen and oxygen atoms in total. The molecule has 0 saturated heterocycles. The highest BCUT2D eigenvalue weighted by Crippen LogP contribution is 2.35. The predicted molar refractivity (Wildman–Crippen MR) is 113 cm³/mol. The molecule has 0 spiro atoms. The first kappa shape index (κ1) is 20.4. The first-order valence-corrected chi connectivity index (χ1v) is 10.2. The van der Waals surface area contributed by atoms with Crippen molar-refractivity contribution in [2.24, 2.45) is 5.92 Å². The maximum atomic E-state index is 13.1. The van der Waals surface area contributed by atoms with Gasteiger partial charge < -0.3 is 4.74 Å². The minimum Gasteiger partial charge on any atom is -0.468 e. The van der Waals surface area contributed by atoms with E-state index < -0.39 is 11.2 Å². The second kappa shape index (κ2) is 8.80. The quantitative estimate of drug-likeness (QED) is 0.331. The average molecular weight is 417 g/mol. The SMILES string of the molecule is COC(=O)C(Sc1nc2ccc(Cl)cc2c(=O)n1CC(C)C)c1ccccc1. The van der Waals surface area contributed by atoms with Crippen molar-refractivity contribution in [3.8, 4) is 0 Å². The van der Waals surface area contributed by atoms with Crippen molar-refractivity contribution in [3.05, 3.63) is 69.5 Å². The molecule has 1 unspecified atom stereocenters. The number of benzene rings is 2. The van der Waals surface area contributed by atoms with E-state index in [2.05, 4.69) is 4.98 Å². The Balaban J connectivity index is 2.15. The van der Waals surface area contributed by atoms with E-state index in [0.29, 0.717) is 27.6 Å². The Morgan fingerprint density at radius 2 is 1.93 bits per heavy atom. The molecule has 7 heteroatoms. The van der Waals surface area contributed by atoms with Crippen molar-refractivity contribution >= 4 is 40.2 Å². The fourth-order valence-electron chi connectivity index (χ4n) is 2.88. The Labute approximate surface area is 172 Å². The number of esters is 1. The number of thioether (sulfide) groups is 1. The van der Waals surface area contributed by atoms with Crippen LogP contribution in [0.2, 0.25) is 5.02 Å². The van der Waals surface area contributed by atoms with Gasteiger partial charge in [0.05, 0.1) is 18.0 Å². The molecule has 0 fully saturated rings. The second-order valence-corrected chi connectivity index (χ2v) is 8.31. The van der Waals surface area contributed by atoms with Gasteiger partial charge in [0.15, 0.2) is 5.16 Å². The van der Waals surface area contributed by atoms with Crippen molar-refractivity contribution in [2.75, 3.05) is 7.11 Å². The lowest BCUT2D eigenvalue weighted by atomic mass is 10.1. The maximum Gasteiger partial charge on any atom is 0.323 e. The lowest BCUT2D eigenvalue weighted by Gasteiger charge is -2.19. The number of rotatable bonds is 6. The van der Waals surface area contributed by atoms with E-state index in [4.69, 9.17) is 16.3 Å². The van der Waals surface area contributed by atoms with E-state index in [0.717, 1.165) is 5.56 Å². The van der Waals surface area contributed by atoms with Crippen LogP contribution in [0, 0.1) is 5.92 Å². The second-order valence-electron chi connectivity index (χ2n) is 6.80. The lowest BCUT2D eigenvalue weighted by molar-refractivity contribution is -0.140. The van der Waals surface area contributed by atoms with Gasteiger partial charge in [0, 0.05) is 11.6 Å². The van der Waals surface area contributed by atoms with Gasteiger partial charge in [-0.3, -0.25) is 14.2 Å². The molecule has 0 radical (unpaired) electrons. The van der Waals surface area contributed by atoms with E-state index in [1.165, 1.54) is 18.9 Å². The van der Waals surface area contributed by atoms with Crippen LogP contribution in [-0.4, -0.2) is 22.6 Å². The number of halogens is 1. The Morgan fingerprint density at radius 1 is 1.21 bits per heavy atom. The van der Waals surface area contributed by atoms with Gasteiger partial charge in [-0.15, -0.1) is 0 Å². The summed E-state index contributed by atoms with van der Waals surface area (Å²) < 4.78 is 6.62. The summed E-state index contributed by atoms with van der Waals surface area (Å²) >= 11 is 7.29. The maximum absolute atomic E-state index is 13.1. The largest absolute Gasteiger partial charge is 0.468 e. The zero-order chi connectivity index (χ0) is 20.3. The first-order chi connectivity index (χ1) is 13.4. The molecule has 0 N–H and O–H groups in total. The van der Waals surface area contributed by atoms with Gasteiger partial charge >= 0.3 is 5.97 Å². The van der Waals surface area contributed by atoms with Gasteiger partial charge in [0.2, 0.25) is 0 Å². The summed E-state index contributed by atoms with van der Waals surface area (Å²) in [5, 5.41) is 0.806. The molecule has 0 bridgehead atoms. The van der Waals surface area contributed by atoms with E-state index in [-0.39, 0.29) is 11.5 Å². The summed E-state index contributed by atoms with van der Waals surface area (Å²) in [5.74, 6) is -0.165. The average Bonchev–Trinajstić information content (AvgIpc) is 2.69. The molecule has 1 aromatic heterocycles. The molecule has 0 aliphatic carbocycles. The summed E-state index contributed by atoms with van der Waals surface area (Å²) in [7, 11) is 1.36. The van der Waals surface area contributed by atoms with Crippen molar-refractivity contribution in [1.82, 2.24) is 9.55 Å². The minimum atomic E-state index is -0.624. The zero-order valence-electron chi connectivity index (χ0n) is 15.9. The number of methoxy groups -OCH3 is 1. The van der Waals surface area contributed by atoms with Crippen LogP contribution in [-0.2, 0) is 16.1 Å². The van der Waals surface area contributed by atoms with E-state index >= 15 is 0 Å². The van der Waals surface area contributed by atoms with Crippen molar-refractivity contribution in [1.29, 1.82) is 0 Å². The molecule has 3 aromatic rings. The molecule has 0 amide bonds. The third-order valence-corrected chi connectivity index (χ3v) is 5.63. The Morgan fingerprint density at radius 3 is 2.57 bits per heavy atom. The summed E-state index contributed by atoms with van der Waals surface area (Å²) in [6, 6.07) is 14.4. The summed E-state index contributed by atoms with van der Waals surface area (Å²) in [5.41, 5.74) is 1.18. The fraction of sp³-hybridized carbons (Fsp3) is 0.286. The lowest BCUT2D eigenvalue weighted by Crippen LogP contribution is -2.26. The fourth-order valence-corrected chi connectivity index (χ4v) is 4.19. The van der Waals surface area contributed by atoms with E-state index in [1.807, 2.05) is 44.2 Å². The number of fused-ring (bicyclic) bond motifs is 1. The topological polar surface area (TPSA) is 61.2 Å². The third-order valence-electron chi connectivity index (χ3n) is 4.17. The molecule has 2 aromatic carbocycles. The van der Waals surface area contributed by atoms with Crippen LogP contribution >= 0.6 is 23.4 Å². The van der Waals surface area contributed by atoms with Crippen molar-refractivity contribution in [2.45, 2.75) is 30.8 Å². The molecule has 0 aliphatic heterocycles. The van der Waals surface area contributed by atoms with Crippen LogP contribution in [0.15, 0.2) is 58.5 Å². The highest BCUT2D eigenvalue weighted by Gasteiger charge is 2.26. The molecule has 28 heavy (non-hydrogen) atoms. The Hall–Kier alpha value is -2.31. The number of nitrogens with zero attached hydrogens (tertiary/aromatic N) is 2. The summed E-state index contributed by atoms with van der Waals surface area (Å²) in [4.78, 5) is 30.3. The van der Waals surface area contributed by atoms with Crippen LogP contribution in [0.5, 0.6) is 0 Å². The van der Waals surface area contributed by atoms with Gasteiger partial charge in [-0.1, -0.05) is 67.5 Å². The van der Waals surface area contributed by atoms with Gasteiger partial charge in [-0.2, -0.15) is 0 Å². The summed E-state index contributed by atoms with van der Waals surface area (Å²) in [6.07, 6.45) is 0. The van der Waals surface area contributed by atoms with Gasteiger partial charge in [0.25, 0.3) is 5.56 Å². The van der Waals surface area contributed by atoms with Gasteiger partial charge in [-0.25, -0.2) is 4.98 Å². The van der Waals surface area contributed by atoms with Crippen molar-refractivity contribution < 1.29 is 9.53 Å². The van der Waals surface area contributed by atoms with Crippen LogP contribution in [0.1, 0.15) is 24.7 Å². The normalized spacial score (nSPS) is 12.3. The Bertz CT molecular complexity index is 1050. The molecule has 146 valence electrons. The summed E-state index contributed by atoms with van der Waals surface area (Å²) in [6.45, 7) is 4.54. The van der Waals surface area contributed by atoms with Crippen LogP contribution < -0.4 is 5.56 Å². The minimum absolute atomic E-state index is 0.166. The highest BCUT2D eigenvalue weighted by molar-refractivity contribution is 8.00. The smallest absolute Gasteiger partial charge is 0.323 e. The monoisotopic (exact) mass is 416 g/mol. The first-order valence-electron chi connectivity index (χ1n) is 8.90. The molecule has 0 saturated carbocycles. The zero-order valence-corrected chi connectivity index (χ0v) is 17.5. The van der Waals surface area contributed by atoms with E-state index in [9.17, 15) is 9.59 Å². The number of hydrogen-bond acceptors (Lipinski definition) is 5. The van der Waals surface area contributed by atoms with Crippen molar-refractivity contribution in [3.63, 3.8) is 0 Å². The standard InChI is InChI=1S/C21H21ClN2O3S/c1-13(2)12-24-19(25)16-11-15(22)9-10-17(16)23-21(24)28-18(20(26)27-3)14-7-5-4-6-8-14/h4-11,13,18H,12H2,1-3H3. The van der Waals surface area contributed by atoms with Gasteiger partial charge in [0.1, 0.15) is 5.25 Å². The molecular formula is C21H21ClN2O3S. The molecule has 1 atom stereocenters. The molecule has 0 aliphatic rings. The Kier molecular flexibility index (Phi) is 6.42. The molecular weight excluding hydrogens is 396 g/mol. The number of carbonyl (C=O) groups is 1. The third kappa shape index (κ3) is 4.39. The number of aromatic nitrogens is 2. The van der Waals surface area contributed by atoms with Crippen LogP contribution in [0.4, 0.5) is 0 Å². The highest BCUT2D eigenvalue weighted by atomic mass is 35.5. The number of hydrogen-bond donors (Lipinski definition) is 0. The molecule has 3 rings (SSSR count). The number of ether oxygens (including phenoxy) is 1. The van der Waals surface area contributed by atoms with Crippen LogP contribution in [0.3, 0.4) is 0 Å². The predicted octanol–water partition coefficient (Wildman–Crippen LogP) is 4.71.